The molecule has 0 aliphatic carbocycles. The Morgan fingerprint density at radius 2 is 2.22 bits per heavy atom. The van der Waals surface area contributed by atoms with Crippen molar-refractivity contribution >= 4 is 17.5 Å². The van der Waals surface area contributed by atoms with Crippen molar-refractivity contribution in [2.45, 2.75) is 26.3 Å². The molecule has 0 aliphatic rings. The third kappa shape index (κ3) is 4.01. The van der Waals surface area contributed by atoms with Gasteiger partial charge < -0.3 is 5.32 Å². The predicted molar refractivity (Wildman–Crippen MR) is 67.7 cm³/mol. The van der Waals surface area contributed by atoms with E-state index in [0.29, 0.717) is 12.3 Å². The molecule has 0 saturated carbocycles. The average molecular weight is 269 g/mol. The van der Waals surface area contributed by atoms with Crippen LogP contribution in [0.25, 0.3) is 0 Å². The maximum atomic E-state index is 12.8. The normalized spacial score (nSPS) is 12.0. The zero-order valence-electron chi connectivity index (χ0n) is 10.2. The highest BCUT2D eigenvalue weighted by molar-refractivity contribution is 6.33. The van der Waals surface area contributed by atoms with Gasteiger partial charge in [0, 0.05) is 0 Å². The Bertz CT molecular complexity index is 482. The third-order valence-corrected chi connectivity index (χ3v) is 2.66. The van der Waals surface area contributed by atoms with Crippen LogP contribution in [0, 0.1) is 23.1 Å². The van der Waals surface area contributed by atoms with E-state index in [1.807, 2.05) is 19.9 Å². The van der Waals surface area contributed by atoms with Crippen LogP contribution in [0.4, 0.5) is 4.39 Å². The van der Waals surface area contributed by atoms with Crippen molar-refractivity contribution in [3.63, 3.8) is 0 Å². The molecule has 0 saturated heterocycles. The van der Waals surface area contributed by atoms with Crippen molar-refractivity contribution < 1.29 is 9.18 Å². The van der Waals surface area contributed by atoms with Crippen molar-refractivity contribution in [1.29, 1.82) is 5.26 Å². The quantitative estimate of drug-likeness (QED) is 0.912. The molecular weight excluding hydrogens is 255 g/mol. The third-order valence-electron chi connectivity index (χ3n) is 2.34. The summed E-state index contributed by atoms with van der Waals surface area (Å²) in [6.45, 7) is 3.92. The van der Waals surface area contributed by atoms with Crippen molar-refractivity contribution in [2.75, 3.05) is 0 Å². The summed E-state index contributed by atoms with van der Waals surface area (Å²) in [6, 6.07) is 4.97. The van der Waals surface area contributed by atoms with Gasteiger partial charge in [0.15, 0.2) is 0 Å². The second kappa shape index (κ2) is 6.36. The van der Waals surface area contributed by atoms with Gasteiger partial charge >= 0.3 is 0 Å². The Balaban J connectivity index is 2.79. The molecule has 1 rings (SSSR count). The molecule has 1 unspecified atom stereocenters. The first-order valence-corrected chi connectivity index (χ1v) is 5.97. The molecule has 5 heteroatoms. The van der Waals surface area contributed by atoms with Gasteiger partial charge in [0.1, 0.15) is 11.9 Å². The van der Waals surface area contributed by atoms with Crippen LogP contribution in [0.5, 0.6) is 0 Å². The van der Waals surface area contributed by atoms with Gasteiger partial charge in [-0.1, -0.05) is 25.4 Å². The van der Waals surface area contributed by atoms with Gasteiger partial charge in [-0.2, -0.15) is 5.26 Å². The molecule has 1 aromatic rings. The minimum atomic E-state index is -0.571. The highest BCUT2D eigenvalue weighted by Crippen LogP contribution is 2.17. The van der Waals surface area contributed by atoms with E-state index in [9.17, 15) is 9.18 Å². The number of benzene rings is 1. The van der Waals surface area contributed by atoms with E-state index in [2.05, 4.69) is 5.32 Å². The molecule has 3 nitrogen and oxygen atoms in total. The Hall–Kier alpha value is -1.60. The van der Waals surface area contributed by atoms with Crippen LogP contribution >= 0.6 is 11.6 Å². The molecule has 0 aromatic heterocycles. The second-order valence-electron chi connectivity index (χ2n) is 4.41. The molecule has 0 bridgehead atoms. The Labute approximate surface area is 111 Å². The molecule has 0 radical (unpaired) electrons. The predicted octanol–water partition coefficient (Wildman–Crippen LogP) is 3.15. The minimum Gasteiger partial charge on any atom is -0.336 e. The molecule has 0 aliphatic heterocycles. The maximum Gasteiger partial charge on any atom is 0.253 e. The number of nitrogens with one attached hydrogen (secondary N) is 1. The molecule has 1 N–H and O–H groups in total. The standard InChI is InChI=1S/C13H14ClFN2O/c1-8(2)5-10(7-16)17-13(18)11-4-3-9(15)6-12(11)14/h3-4,6,8,10H,5H2,1-2H3,(H,17,18). The number of amides is 1. The molecule has 18 heavy (non-hydrogen) atoms. The monoisotopic (exact) mass is 268 g/mol. The molecule has 1 aromatic carbocycles. The zero-order valence-corrected chi connectivity index (χ0v) is 11.0. The molecular formula is C13H14ClFN2O. The van der Waals surface area contributed by atoms with Gasteiger partial charge in [0.05, 0.1) is 16.7 Å². The number of carbonyl (C=O) groups excluding carboxylic acids is 1. The summed E-state index contributed by atoms with van der Waals surface area (Å²) in [7, 11) is 0. The minimum absolute atomic E-state index is 0.0359. The Kier molecular flexibility index (Phi) is 5.11. The first-order valence-electron chi connectivity index (χ1n) is 5.59. The van der Waals surface area contributed by atoms with Crippen molar-refractivity contribution in [1.82, 2.24) is 5.32 Å². The van der Waals surface area contributed by atoms with E-state index in [4.69, 9.17) is 16.9 Å². The zero-order chi connectivity index (χ0) is 13.7. The second-order valence-corrected chi connectivity index (χ2v) is 4.82. The first-order chi connectivity index (χ1) is 8.43. The van der Waals surface area contributed by atoms with Crippen LogP contribution in [-0.4, -0.2) is 11.9 Å². The lowest BCUT2D eigenvalue weighted by Crippen LogP contribution is -2.34. The van der Waals surface area contributed by atoms with Gasteiger partial charge in [-0.3, -0.25) is 4.79 Å². The van der Waals surface area contributed by atoms with Gasteiger partial charge in [0.2, 0.25) is 0 Å². The SMILES string of the molecule is CC(C)CC(C#N)NC(=O)c1ccc(F)cc1Cl. The van der Waals surface area contributed by atoms with Gasteiger partial charge in [0.25, 0.3) is 5.91 Å². The van der Waals surface area contributed by atoms with E-state index in [0.717, 1.165) is 12.1 Å². The first kappa shape index (κ1) is 14.5. The lowest BCUT2D eigenvalue weighted by Gasteiger charge is -2.14. The van der Waals surface area contributed by atoms with Crippen LogP contribution in [0.3, 0.4) is 0 Å². The Morgan fingerprint density at radius 3 is 2.72 bits per heavy atom. The van der Waals surface area contributed by atoms with Crippen molar-refractivity contribution in [2.24, 2.45) is 5.92 Å². The molecule has 0 heterocycles. The molecule has 1 atom stereocenters. The molecule has 96 valence electrons. The summed E-state index contributed by atoms with van der Waals surface area (Å²) in [6.07, 6.45) is 0.557. The molecule has 0 fully saturated rings. The molecule has 0 spiro atoms. The van der Waals surface area contributed by atoms with Crippen LogP contribution in [0.2, 0.25) is 5.02 Å². The van der Waals surface area contributed by atoms with Gasteiger partial charge in [-0.15, -0.1) is 0 Å². The molecule has 1 amide bonds. The van der Waals surface area contributed by atoms with E-state index < -0.39 is 17.8 Å². The number of rotatable bonds is 4. The summed E-state index contributed by atoms with van der Waals surface area (Å²) < 4.78 is 12.8. The summed E-state index contributed by atoms with van der Waals surface area (Å²) in [4.78, 5) is 11.9. The highest BCUT2D eigenvalue weighted by Gasteiger charge is 2.16. The lowest BCUT2D eigenvalue weighted by atomic mass is 10.0. The van der Waals surface area contributed by atoms with E-state index >= 15 is 0 Å². The fraction of sp³-hybridized carbons (Fsp3) is 0.385. The summed E-state index contributed by atoms with van der Waals surface area (Å²) in [5.41, 5.74) is 0.169. The fourth-order valence-electron chi connectivity index (χ4n) is 1.52. The van der Waals surface area contributed by atoms with E-state index in [-0.39, 0.29) is 10.6 Å². The number of halogens is 2. The lowest BCUT2D eigenvalue weighted by molar-refractivity contribution is 0.0942. The number of hydrogen-bond acceptors (Lipinski definition) is 2. The smallest absolute Gasteiger partial charge is 0.253 e. The fourth-order valence-corrected chi connectivity index (χ4v) is 1.78. The topological polar surface area (TPSA) is 52.9 Å². The number of nitriles is 1. The maximum absolute atomic E-state index is 12.8. The van der Waals surface area contributed by atoms with Crippen LogP contribution in [-0.2, 0) is 0 Å². The largest absolute Gasteiger partial charge is 0.336 e. The number of hydrogen-bond donors (Lipinski definition) is 1. The van der Waals surface area contributed by atoms with Crippen LogP contribution < -0.4 is 5.32 Å². The van der Waals surface area contributed by atoms with Crippen molar-refractivity contribution in [3.8, 4) is 6.07 Å². The average Bonchev–Trinajstić information content (AvgIpc) is 2.27. The van der Waals surface area contributed by atoms with E-state index in [1.165, 1.54) is 6.07 Å². The van der Waals surface area contributed by atoms with Gasteiger partial charge in [-0.25, -0.2) is 4.39 Å². The Morgan fingerprint density at radius 1 is 1.56 bits per heavy atom. The van der Waals surface area contributed by atoms with E-state index in [1.54, 1.807) is 0 Å². The number of carbonyl (C=O) groups is 1. The van der Waals surface area contributed by atoms with Gasteiger partial charge in [-0.05, 0) is 30.5 Å². The van der Waals surface area contributed by atoms with Crippen molar-refractivity contribution in [3.05, 3.63) is 34.6 Å². The van der Waals surface area contributed by atoms with Crippen LogP contribution in [0.1, 0.15) is 30.6 Å². The summed E-state index contributed by atoms with van der Waals surface area (Å²) in [5, 5.41) is 11.5. The van der Waals surface area contributed by atoms with Crippen LogP contribution in [0.15, 0.2) is 18.2 Å². The number of nitrogens with zero attached hydrogens (tertiary/aromatic N) is 1. The summed E-state index contributed by atoms with van der Waals surface area (Å²) >= 11 is 5.77. The summed E-state index contributed by atoms with van der Waals surface area (Å²) in [5.74, 6) is -0.679. The highest BCUT2D eigenvalue weighted by atomic mass is 35.5.